The van der Waals surface area contributed by atoms with Gasteiger partial charge in [-0.3, -0.25) is 0 Å². The summed E-state index contributed by atoms with van der Waals surface area (Å²) in [7, 11) is 1.52. The van der Waals surface area contributed by atoms with E-state index in [4.69, 9.17) is 23.7 Å². The van der Waals surface area contributed by atoms with Crippen LogP contribution in [0.1, 0.15) is 60.3 Å². The van der Waals surface area contributed by atoms with Gasteiger partial charge in [-0.15, -0.1) is 0 Å². The molecular weight excluding hydrogens is 456 g/mol. The number of carbonyl (C=O) groups excluding carboxylic acids is 2. The predicted octanol–water partition coefficient (Wildman–Crippen LogP) is 3.65. The first-order valence-electron chi connectivity index (χ1n) is 12.2. The maximum absolute atomic E-state index is 12.3. The summed E-state index contributed by atoms with van der Waals surface area (Å²) in [6, 6.07) is 0. The van der Waals surface area contributed by atoms with E-state index in [0.29, 0.717) is 69.4 Å². The van der Waals surface area contributed by atoms with E-state index in [-0.39, 0.29) is 30.5 Å². The summed E-state index contributed by atoms with van der Waals surface area (Å²) in [5.74, 6) is 0.960. The van der Waals surface area contributed by atoms with Crippen molar-refractivity contribution in [1.82, 2.24) is 19.8 Å². The van der Waals surface area contributed by atoms with Gasteiger partial charge in [0.15, 0.2) is 0 Å². The second-order valence-corrected chi connectivity index (χ2v) is 10.0. The third-order valence-corrected chi connectivity index (χ3v) is 5.63. The fourth-order valence-corrected chi connectivity index (χ4v) is 3.92. The number of hydrogen-bond acceptors (Lipinski definition) is 9. The molecule has 2 aliphatic rings. The van der Waals surface area contributed by atoms with Gasteiger partial charge in [-0.2, -0.15) is 9.97 Å². The van der Waals surface area contributed by atoms with Crippen molar-refractivity contribution in [2.45, 2.75) is 84.2 Å². The number of amides is 2. The molecule has 11 nitrogen and oxygen atoms in total. The molecule has 0 aliphatic carbocycles. The lowest BCUT2D eigenvalue weighted by atomic mass is 10.1. The average Bonchev–Trinajstić information content (AvgIpc) is 2.78. The summed E-state index contributed by atoms with van der Waals surface area (Å²) in [6.45, 7) is 11.4. The molecule has 0 spiro atoms. The van der Waals surface area contributed by atoms with Gasteiger partial charge in [-0.05, 0) is 34.6 Å². The zero-order chi connectivity index (χ0) is 25.6. The van der Waals surface area contributed by atoms with Gasteiger partial charge in [0.1, 0.15) is 24.1 Å². The third kappa shape index (κ3) is 7.76. The second-order valence-electron chi connectivity index (χ2n) is 10.0. The van der Waals surface area contributed by atoms with Gasteiger partial charge in [-0.1, -0.05) is 0 Å². The van der Waals surface area contributed by atoms with Crippen LogP contribution in [0.15, 0.2) is 6.33 Å². The van der Waals surface area contributed by atoms with Crippen molar-refractivity contribution in [2.24, 2.45) is 0 Å². The number of ether oxygens (including phenoxy) is 5. The molecule has 3 heterocycles. The highest BCUT2D eigenvalue weighted by Gasteiger charge is 2.30. The molecule has 2 amide bonds. The topological polar surface area (TPSA) is 113 Å². The Morgan fingerprint density at radius 2 is 1.34 bits per heavy atom. The molecule has 1 aromatic heterocycles. The minimum atomic E-state index is -0.525. The van der Waals surface area contributed by atoms with Gasteiger partial charge in [0, 0.05) is 51.9 Å². The SMILES string of the molecule is COc1c(OC2CCN(C(=O)OC(C)C)CC2)ncnc1OC1CCN(C(=O)OC(C)(C)C)CC1. The lowest BCUT2D eigenvalue weighted by Gasteiger charge is -2.33. The number of nitrogens with zero attached hydrogens (tertiary/aromatic N) is 4. The second kappa shape index (κ2) is 11.6. The largest absolute Gasteiger partial charge is 0.487 e. The Balaban J connectivity index is 1.54. The van der Waals surface area contributed by atoms with Crippen LogP contribution in [0.2, 0.25) is 0 Å². The summed E-state index contributed by atoms with van der Waals surface area (Å²) in [5.41, 5.74) is -0.525. The Morgan fingerprint density at radius 3 is 1.74 bits per heavy atom. The molecule has 0 bridgehead atoms. The highest BCUT2D eigenvalue weighted by atomic mass is 16.6. The average molecular weight is 495 g/mol. The quantitative estimate of drug-likeness (QED) is 0.585. The highest BCUT2D eigenvalue weighted by molar-refractivity contribution is 5.68. The zero-order valence-electron chi connectivity index (χ0n) is 21.6. The monoisotopic (exact) mass is 494 g/mol. The fourth-order valence-electron chi connectivity index (χ4n) is 3.92. The maximum Gasteiger partial charge on any atom is 0.410 e. The van der Waals surface area contributed by atoms with E-state index < -0.39 is 5.60 Å². The fraction of sp³-hybridized carbons (Fsp3) is 0.750. The lowest BCUT2D eigenvalue weighted by Crippen LogP contribution is -2.44. The molecule has 0 atom stereocenters. The van der Waals surface area contributed by atoms with Gasteiger partial charge in [0.05, 0.1) is 13.2 Å². The Bertz CT molecular complexity index is 858. The van der Waals surface area contributed by atoms with Gasteiger partial charge in [0.2, 0.25) is 5.75 Å². The van der Waals surface area contributed by atoms with E-state index >= 15 is 0 Å². The summed E-state index contributed by atoms with van der Waals surface area (Å²) in [6.07, 6.45) is 2.98. The van der Waals surface area contributed by atoms with E-state index in [1.165, 1.54) is 13.4 Å². The van der Waals surface area contributed by atoms with E-state index in [1.807, 2.05) is 34.6 Å². The summed E-state index contributed by atoms with van der Waals surface area (Å²) >= 11 is 0. The zero-order valence-corrected chi connectivity index (χ0v) is 21.6. The van der Waals surface area contributed by atoms with Gasteiger partial charge in [0.25, 0.3) is 11.8 Å². The summed E-state index contributed by atoms with van der Waals surface area (Å²) < 4.78 is 28.5. The van der Waals surface area contributed by atoms with Crippen molar-refractivity contribution >= 4 is 12.2 Å². The molecule has 2 aliphatic heterocycles. The molecule has 2 fully saturated rings. The number of carbonyl (C=O) groups is 2. The number of methoxy groups -OCH3 is 1. The van der Waals surface area contributed by atoms with Crippen LogP contribution in [-0.2, 0) is 9.47 Å². The molecule has 0 N–H and O–H groups in total. The summed E-state index contributed by atoms with van der Waals surface area (Å²) in [5, 5.41) is 0. The van der Waals surface area contributed by atoms with E-state index in [9.17, 15) is 9.59 Å². The molecule has 3 rings (SSSR count). The van der Waals surface area contributed by atoms with Crippen LogP contribution in [0.4, 0.5) is 9.59 Å². The minimum Gasteiger partial charge on any atom is -0.487 e. The van der Waals surface area contributed by atoms with Crippen molar-refractivity contribution in [3.8, 4) is 17.5 Å². The van der Waals surface area contributed by atoms with Gasteiger partial charge in [-0.25, -0.2) is 9.59 Å². The Kier molecular flexibility index (Phi) is 8.85. The standard InChI is InChI=1S/C24H38N4O7/c1-16(2)32-22(29)27-11-7-17(8-12-27)33-20-19(31-6)21(26-15-25-20)34-18-9-13-28(14-10-18)23(30)35-24(3,4)5/h15-18H,7-14H2,1-6H3. The summed E-state index contributed by atoms with van der Waals surface area (Å²) in [4.78, 5) is 36.3. The molecule has 35 heavy (non-hydrogen) atoms. The van der Waals surface area contributed by atoms with Crippen LogP contribution in [0.5, 0.6) is 17.5 Å². The molecule has 11 heteroatoms. The minimum absolute atomic E-state index is 0.119. The van der Waals surface area contributed by atoms with Crippen LogP contribution in [0, 0.1) is 0 Å². The molecule has 196 valence electrons. The highest BCUT2D eigenvalue weighted by Crippen LogP contribution is 2.36. The smallest absolute Gasteiger partial charge is 0.410 e. The van der Waals surface area contributed by atoms with Crippen molar-refractivity contribution < 1.29 is 33.3 Å². The number of aromatic nitrogens is 2. The van der Waals surface area contributed by atoms with Crippen molar-refractivity contribution in [1.29, 1.82) is 0 Å². The van der Waals surface area contributed by atoms with Crippen molar-refractivity contribution in [3.05, 3.63) is 6.33 Å². The number of rotatable bonds is 6. The molecule has 2 saturated heterocycles. The number of piperidine rings is 2. The van der Waals surface area contributed by atoms with Gasteiger partial charge < -0.3 is 33.5 Å². The van der Waals surface area contributed by atoms with Crippen LogP contribution in [0.3, 0.4) is 0 Å². The lowest BCUT2D eigenvalue weighted by molar-refractivity contribution is 0.0120. The Hall–Kier alpha value is -2.98. The normalized spacial score (nSPS) is 17.8. The predicted molar refractivity (Wildman–Crippen MR) is 127 cm³/mol. The molecule has 0 radical (unpaired) electrons. The molecular formula is C24H38N4O7. The maximum atomic E-state index is 12.3. The van der Waals surface area contributed by atoms with E-state index in [0.717, 1.165) is 0 Å². The molecule has 0 unspecified atom stereocenters. The Labute approximate surface area is 207 Å². The van der Waals surface area contributed by atoms with Crippen molar-refractivity contribution in [3.63, 3.8) is 0 Å². The number of hydrogen-bond donors (Lipinski definition) is 0. The first-order chi connectivity index (χ1) is 16.6. The van der Waals surface area contributed by atoms with Crippen LogP contribution in [-0.4, -0.2) is 89.2 Å². The molecule has 1 aromatic rings. The van der Waals surface area contributed by atoms with Crippen LogP contribution < -0.4 is 14.2 Å². The van der Waals surface area contributed by atoms with Gasteiger partial charge >= 0.3 is 12.2 Å². The van der Waals surface area contributed by atoms with Crippen LogP contribution >= 0.6 is 0 Å². The molecule has 0 aromatic carbocycles. The number of likely N-dealkylation sites (tertiary alicyclic amines) is 2. The van der Waals surface area contributed by atoms with Crippen LogP contribution in [0.25, 0.3) is 0 Å². The first kappa shape index (κ1) is 26.6. The molecule has 0 saturated carbocycles. The first-order valence-corrected chi connectivity index (χ1v) is 12.2. The van der Waals surface area contributed by atoms with Crippen molar-refractivity contribution in [2.75, 3.05) is 33.3 Å². The van der Waals surface area contributed by atoms with E-state index in [1.54, 1.807) is 9.80 Å². The Morgan fingerprint density at radius 1 is 0.886 bits per heavy atom. The van der Waals surface area contributed by atoms with E-state index in [2.05, 4.69) is 9.97 Å². The third-order valence-electron chi connectivity index (χ3n) is 5.63.